The van der Waals surface area contributed by atoms with Crippen molar-refractivity contribution in [3.63, 3.8) is 0 Å². The van der Waals surface area contributed by atoms with Gasteiger partial charge < -0.3 is 5.32 Å². The largest absolute Gasteiger partial charge is 0.370 e. The third kappa shape index (κ3) is 3.21. The SMILES string of the molecule is CCNc1cc(C(=O)Nc2nc3c(s2)CCCC3)ccn1. The highest BCUT2D eigenvalue weighted by Crippen LogP contribution is 2.29. The second kappa shape index (κ2) is 6.22. The number of rotatable bonds is 4. The highest BCUT2D eigenvalue weighted by molar-refractivity contribution is 7.15. The molecule has 0 unspecified atom stereocenters. The monoisotopic (exact) mass is 302 g/mol. The smallest absolute Gasteiger partial charge is 0.257 e. The number of thiazole rings is 1. The van der Waals surface area contributed by atoms with E-state index in [4.69, 9.17) is 0 Å². The lowest BCUT2D eigenvalue weighted by Crippen LogP contribution is -2.12. The fourth-order valence-corrected chi connectivity index (χ4v) is 3.47. The summed E-state index contributed by atoms with van der Waals surface area (Å²) in [5, 5.41) is 6.70. The molecule has 5 nitrogen and oxygen atoms in total. The Morgan fingerprint density at radius 1 is 1.38 bits per heavy atom. The topological polar surface area (TPSA) is 66.9 Å². The van der Waals surface area contributed by atoms with Crippen molar-refractivity contribution in [3.8, 4) is 0 Å². The zero-order chi connectivity index (χ0) is 14.7. The molecule has 0 radical (unpaired) electrons. The van der Waals surface area contributed by atoms with Crippen molar-refractivity contribution >= 4 is 28.2 Å². The van der Waals surface area contributed by atoms with Gasteiger partial charge in [0.15, 0.2) is 5.13 Å². The first-order chi connectivity index (χ1) is 10.3. The van der Waals surface area contributed by atoms with Crippen molar-refractivity contribution in [1.82, 2.24) is 9.97 Å². The summed E-state index contributed by atoms with van der Waals surface area (Å²) in [5.41, 5.74) is 1.75. The highest BCUT2D eigenvalue weighted by Gasteiger charge is 2.17. The van der Waals surface area contributed by atoms with E-state index in [0.717, 1.165) is 25.1 Å². The van der Waals surface area contributed by atoms with Crippen LogP contribution in [0.4, 0.5) is 10.9 Å². The molecule has 0 bridgehead atoms. The first-order valence-electron chi connectivity index (χ1n) is 7.26. The van der Waals surface area contributed by atoms with Crippen LogP contribution in [0.15, 0.2) is 18.3 Å². The van der Waals surface area contributed by atoms with Crippen LogP contribution in [0, 0.1) is 0 Å². The van der Waals surface area contributed by atoms with Crippen LogP contribution in [-0.2, 0) is 12.8 Å². The number of fused-ring (bicyclic) bond motifs is 1. The van der Waals surface area contributed by atoms with Crippen LogP contribution in [0.1, 0.15) is 40.7 Å². The maximum absolute atomic E-state index is 12.3. The molecule has 0 aliphatic heterocycles. The molecule has 0 saturated heterocycles. The molecular formula is C15H18N4OS. The highest BCUT2D eigenvalue weighted by atomic mass is 32.1. The molecule has 21 heavy (non-hydrogen) atoms. The Bertz CT molecular complexity index is 629. The third-order valence-corrected chi connectivity index (χ3v) is 4.52. The standard InChI is InChI=1S/C15H18N4OS/c1-2-16-13-9-10(7-8-17-13)14(20)19-15-18-11-5-3-4-6-12(11)21-15/h7-9H,2-6H2,1H3,(H,16,17)(H,18,19,20). The molecule has 2 N–H and O–H groups in total. The molecule has 1 aliphatic carbocycles. The molecule has 0 fully saturated rings. The molecule has 2 aromatic rings. The first kappa shape index (κ1) is 14.0. The Morgan fingerprint density at radius 2 is 2.24 bits per heavy atom. The number of nitrogens with zero attached hydrogens (tertiary/aromatic N) is 2. The second-order valence-electron chi connectivity index (χ2n) is 5.01. The molecule has 110 valence electrons. The molecule has 2 aromatic heterocycles. The Labute approximate surface area is 127 Å². The fraction of sp³-hybridized carbons (Fsp3) is 0.400. The summed E-state index contributed by atoms with van der Waals surface area (Å²) in [4.78, 5) is 22.3. The van der Waals surface area contributed by atoms with Crippen molar-refractivity contribution in [2.45, 2.75) is 32.6 Å². The average Bonchev–Trinajstić information content (AvgIpc) is 2.90. The predicted molar refractivity (Wildman–Crippen MR) is 85.1 cm³/mol. The van der Waals surface area contributed by atoms with Gasteiger partial charge in [-0.3, -0.25) is 10.1 Å². The lowest BCUT2D eigenvalue weighted by atomic mass is 10.0. The van der Waals surface area contributed by atoms with Gasteiger partial charge in [-0.25, -0.2) is 9.97 Å². The van der Waals surface area contributed by atoms with E-state index >= 15 is 0 Å². The van der Waals surface area contributed by atoms with Crippen LogP contribution in [0.5, 0.6) is 0 Å². The summed E-state index contributed by atoms with van der Waals surface area (Å²) < 4.78 is 0. The van der Waals surface area contributed by atoms with Gasteiger partial charge in [0.05, 0.1) is 5.69 Å². The van der Waals surface area contributed by atoms with Crippen LogP contribution in [0.3, 0.4) is 0 Å². The van der Waals surface area contributed by atoms with Crippen molar-refractivity contribution in [2.75, 3.05) is 17.2 Å². The lowest BCUT2D eigenvalue weighted by molar-refractivity contribution is 0.102. The Kier molecular flexibility index (Phi) is 4.15. The quantitative estimate of drug-likeness (QED) is 0.910. The second-order valence-corrected chi connectivity index (χ2v) is 6.09. The number of aromatic nitrogens is 2. The van der Waals surface area contributed by atoms with Gasteiger partial charge in [0, 0.05) is 23.2 Å². The minimum atomic E-state index is -0.136. The fourth-order valence-electron chi connectivity index (χ4n) is 2.42. The minimum Gasteiger partial charge on any atom is -0.370 e. The summed E-state index contributed by atoms with van der Waals surface area (Å²) in [6, 6.07) is 3.47. The van der Waals surface area contributed by atoms with E-state index in [1.165, 1.54) is 17.7 Å². The molecule has 1 amide bonds. The Hall–Kier alpha value is -1.95. The van der Waals surface area contributed by atoms with Gasteiger partial charge in [-0.1, -0.05) is 0 Å². The van der Waals surface area contributed by atoms with Crippen LogP contribution in [0.25, 0.3) is 0 Å². The predicted octanol–water partition coefficient (Wildman–Crippen LogP) is 3.10. The molecule has 0 spiro atoms. The number of hydrogen-bond donors (Lipinski definition) is 2. The summed E-state index contributed by atoms with van der Waals surface area (Å²) in [6.07, 6.45) is 6.17. The molecular weight excluding hydrogens is 284 g/mol. The van der Waals surface area contributed by atoms with Crippen LogP contribution in [-0.4, -0.2) is 22.4 Å². The molecule has 2 heterocycles. The van der Waals surface area contributed by atoms with Gasteiger partial charge in [0.1, 0.15) is 5.82 Å². The van der Waals surface area contributed by atoms with E-state index in [-0.39, 0.29) is 5.91 Å². The number of anilines is 2. The maximum Gasteiger partial charge on any atom is 0.257 e. The number of hydrogen-bond acceptors (Lipinski definition) is 5. The van der Waals surface area contributed by atoms with Gasteiger partial charge >= 0.3 is 0 Å². The normalized spacial score (nSPS) is 13.6. The van der Waals surface area contributed by atoms with Crippen LogP contribution >= 0.6 is 11.3 Å². The van der Waals surface area contributed by atoms with E-state index in [1.807, 2.05) is 6.92 Å². The zero-order valence-corrected chi connectivity index (χ0v) is 12.8. The summed E-state index contributed by atoms with van der Waals surface area (Å²) in [6.45, 7) is 2.77. The van der Waals surface area contributed by atoms with E-state index < -0.39 is 0 Å². The molecule has 1 aliphatic rings. The molecule has 3 rings (SSSR count). The maximum atomic E-state index is 12.3. The zero-order valence-electron chi connectivity index (χ0n) is 12.0. The average molecular weight is 302 g/mol. The van der Waals surface area contributed by atoms with E-state index in [2.05, 4.69) is 20.6 Å². The lowest BCUT2D eigenvalue weighted by Gasteiger charge is -2.06. The van der Waals surface area contributed by atoms with Crippen molar-refractivity contribution < 1.29 is 4.79 Å². The van der Waals surface area contributed by atoms with Gasteiger partial charge in [0.25, 0.3) is 5.91 Å². The number of pyridine rings is 1. The molecule has 6 heteroatoms. The van der Waals surface area contributed by atoms with Crippen molar-refractivity contribution in [3.05, 3.63) is 34.5 Å². The van der Waals surface area contributed by atoms with Crippen LogP contribution < -0.4 is 10.6 Å². The number of amides is 1. The van der Waals surface area contributed by atoms with Gasteiger partial charge in [-0.05, 0) is 44.7 Å². The van der Waals surface area contributed by atoms with Crippen molar-refractivity contribution in [1.29, 1.82) is 0 Å². The van der Waals surface area contributed by atoms with Gasteiger partial charge in [-0.2, -0.15) is 0 Å². The Morgan fingerprint density at radius 3 is 3.05 bits per heavy atom. The minimum absolute atomic E-state index is 0.136. The van der Waals surface area contributed by atoms with E-state index in [0.29, 0.717) is 16.5 Å². The number of carbonyl (C=O) groups is 1. The van der Waals surface area contributed by atoms with Gasteiger partial charge in [0.2, 0.25) is 0 Å². The first-order valence-corrected chi connectivity index (χ1v) is 8.08. The third-order valence-electron chi connectivity index (χ3n) is 3.45. The van der Waals surface area contributed by atoms with E-state index in [1.54, 1.807) is 29.7 Å². The molecule has 0 aromatic carbocycles. The summed E-state index contributed by atoms with van der Waals surface area (Å²) >= 11 is 1.60. The molecule has 0 saturated carbocycles. The number of aryl methyl sites for hydroxylation is 2. The van der Waals surface area contributed by atoms with Crippen LogP contribution in [0.2, 0.25) is 0 Å². The van der Waals surface area contributed by atoms with Gasteiger partial charge in [-0.15, -0.1) is 11.3 Å². The number of carbonyl (C=O) groups excluding carboxylic acids is 1. The molecule has 0 atom stereocenters. The summed E-state index contributed by atoms with van der Waals surface area (Å²) in [7, 11) is 0. The van der Waals surface area contributed by atoms with E-state index in [9.17, 15) is 4.79 Å². The van der Waals surface area contributed by atoms with Crippen molar-refractivity contribution in [2.24, 2.45) is 0 Å². The number of nitrogens with one attached hydrogen (secondary N) is 2. The Balaban J connectivity index is 1.73. The summed E-state index contributed by atoms with van der Waals surface area (Å²) in [5.74, 6) is 0.575.